The molecule has 19 heavy (non-hydrogen) atoms. The molecule has 1 atom stereocenters. The summed E-state index contributed by atoms with van der Waals surface area (Å²) in [6, 6.07) is 7.24. The van der Waals surface area contributed by atoms with Crippen molar-refractivity contribution in [3.8, 4) is 11.3 Å². The Bertz CT molecular complexity index is 580. The summed E-state index contributed by atoms with van der Waals surface area (Å²) < 4.78 is 19.9. The minimum absolute atomic E-state index is 0.152. The number of aryl methyl sites for hydroxylation is 1. The summed E-state index contributed by atoms with van der Waals surface area (Å²) in [4.78, 5) is 0. The van der Waals surface area contributed by atoms with Gasteiger partial charge in [-0.2, -0.15) is 0 Å². The van der Waals surface area contributed by atoms with Crippen LogP contribution in [0.3, 0.4) is 0 Å². The number of rotatable bonds is 4. The van der Waals surface area contributed by atoms with E-state index in [9.17, 15) is 4.39 Å². The molecule has 0 saturated heterocycles. The van der Waals surface area contributed by atoms with Crippen LogP contribution in [0.25, 0.3) is 11.3 Å². The van der Waals surface area contributed by atoms with Crippen LogP contribution in [-0.2, 0) is 0 Å². The van der Waals surface area contributed by atoms with Crippen LogP contribution in [0.2, 0.25) is 0 Å². The van der Waals surface area contributed by atoms with Crippen molar-refractivity contribution in [3.05, 3.63) is 45.9 Å². The molecule has 0 aliphatic carbocycles. The molecule has 0 amide bonds. The lowest BCUT2D eigenvalue weighted by atomic mass is 10.1. The highest BCUT2D eigenvalue weighted by molar-refractivity contribution is 9.10. The molecule has 1 unspecified atom stereocenters. The molecule has 1 N–H and O–H groups in total. The highest BCUT2D eigenvalue weighted by Crippen LogP contribution is 2.31. The molecule has 0 aliphatic heterocycles. The van der Waals surface area contributed by atoms with Crippen LogP contribution in [0.4, 0.5) is 4.39 Å². The molecule has 0 saturated carbocycles. The fourth-order valence-corrected chi connectivity index (χ4v) is 2.51. The highest BCUT2D eigenvalue weighted by atomic mass is 79.9. The van der Waals surface area contributed by atoms with Gasteiger partial charge in [-0.1, -0.05) is 6.92 Å². The van der Waals surface area contributed by atoms with Crippen molar-refractivity contribution in [3.63, 3.8) is 0 Å². The van der Waals surface area contributed by atoms with Crippen LogP contribution in [0.5, 0.6) is 0 Å². The van der Waals surface area contributed by atoms with E-state index < -0.39 is 0 Å². The molecule has 2 nitrogen and oxygen atoms in total. The zero-order valence-electron chi connectivity index (χ0n) is 11.3. The molecule has 0 aliphatic rings. The zero-order chi connectivity index (χ0) is 14.0. The van der Waals surface area contributed by atoms with Crippen LogP contribution >= 0.6 is 15.9 Å². The quantitative estimate of drug-likeness (QED) is 0.871. The van der Waals surface area contributed by atoms with Crippen LogP contribution in [-0.4, -0.2) is 6.54 Å². The third-order valence-electron chi connectivity index (χ3n) is 3.10. The van der Waals surface area contributed by atoms with E-state index in [1.165, 1.54) is 6.07 Å². The van der Waals surface area contributed by atoms with E-state index in [0.717, 1.165) is 23.4 Å². The second-order valence-corrected chi connectivity index (χ2v) is 5.42. The molecule has 0 bridgehead atoms. The van der Waals surface area contributed by atoms with Gasteiger partial charge >= 0.3 is 0 Å². The van der Waals surface area contributed by atoms with Gasteiger partial charge < -0.3 is 9.73 Å². The highest BCUT2D eigenvalue weighted by Gasteiger charge is 2.13. The predicted molar refractivity (Wildman–Crippen MR) is 78.6 cm³/mol. The number of halogens is 2. The third-order valence-corrected chi connectivity index (χ3v) is 3.70. The van der Waals surface area contributed by atoms with E-state index in [1.807, 2.05) is 26.0 Å². The lowest BCUT2D eigenvalue weighted by molar-refractivity contribution is 0.445. The van der Waals surface area contributed by atoms with Crippen molar-refractivity contribution in [2.24, 2.45) is 0 Å². The maximum atomic E-state index is 13.6. The third kappa shape index (κ3) is 3.07. The first-order valence-corrected chi connectivity index (χ1v) is 7.11. The van der Waals surface area contributed by atoms with Gasteiger partial charge in [0.25, 0.3) is 0 Å². The zero-order valence-corrected chi connectivity index (χ0v) is 12.8. The summed E-state index contributed by atoms with van der Waals surface area (Å²) in [6.45, 7) is 6.91. The maximum absolute atomic E-state index is 13.6. The van der Waals surface area contributed by atoms with Crippen molar-refractivity contribution in [1.82, 2.24) is 5.32 Å². The first kappa shape index (κ1) is 14.3. The molecular formula is C15H17BrFNO. The van der Waals surface area contributed by atoms with Gasteiger partial charge in [0.15, 0.2) is 0 Å². The van der Waals surface area contributed by atoms with Gasteiger partial charge in [0.1, 0.15) is 17.3 Å². The maximum Gasteiger partial charge on any atom is 0.138 e. The number of benzene rings is 1. The number of hydrogen-bond acceptors (Lipinski definition) is 2. The molecule has 1 aromatic carbocycles. The topological polar surface area (TPSA) is 25.2 Å². The van der Waals surface area contributed by atoms with E-state index >= 15 is 0 Å². The second-order valence-electron chi connectivity index (χ2n) is 4.56. The van der Waals surface area contributed by atoms with Crippen LogP contribution in [0.1, 0.15) is 31.2 Å². The van der Waals surface area contributed by atoms with Gasteiger partial charge in [-0.25, -0.2) is 4.39 Å². The Hall–Kier alpha value is -1.13. The average Bonchev–Trinajstić information content (AvgIpc) is 2.83. The molecule has 0 radical (unpaired) electrons. The normalized spacial score (nSPS) is 12.7. The van der Waals surface area contributed by atoms with E-state index in [4.69, 9.17) is 4.42 Å². The van der Waals surface area contributed by atoms with Gasteiger partial charge in [0.05, 0.1) is 10.5 Å². The Balaban J connectivity index is 2.35. The van der Waals surface area contributed by atoms with Crippen molar-refractivity contribution < 1.29 is 8.81 Å². The van der Waals surface area contributed by atoms with Crippen molar-refractivity contribution in [2.75, 3.05) is 6.54 Å². The molecule has 4 heteroatoms. The molecule has 102 valence electrons. The molecule has 1 heterocycles. The molecule has 2 rings (SSSR count). The van der Waals surface area contributed by atoms with E-state index in [0.29, 0.717) is 10.2 Å². The molecule has 0 spiro atoms. The van der Waals surface area contributed by atoms with Crippen molar-refractivity contribution in [1.29, 1.82) is 0 Å². The van der Waals surface area contributed by atoms with E-state index in [1.54, 1.807) is 6.07 Å². The largest absolute Gasteiger partial charge is 0.459 e. The Morgan fingerprint density at radius 1 is 1.37 bits per heavy atom. The minimum Gasteiger partial charge on any atom is -0.459 e. The average molecular weight is 326 g/mol. The predicted octanol–water partition coefficient (Wildman–Crippen LogP) is 4.83. The standard InChI is InChI=1S/C15H17BrFNO/c1-4-18-10(3)14-5-6-15(19-14)11-8-13(17)12(16)7-9(11)2/h5-8,10,18H,4H2,1-3H3. The first-order valence-electron chi connectivity index (χ1n) is 6.32. The Morgan fingerprint density at radius 2 is 2.11 bits per heavy atom. The fourth-order valence-electron chi connectivity index (χ4n) is 2.05. The van der Waals surface area contributed by atoms with Gasteiger partial charge in [-0.05, 0) is 66.2 Å². The van der Waals surface area contributed by atoms with Crippen LogP contribution in [0.15, 0.2) is 33.2 Å². The Kier molecular flexibility index (Phi) is 4.42. The number of nitrogens with one attached hydrogen (secondary N) is 1. The lowest BCUT2D eigenvalue weighted by Crippen LogP contribution is -2.16. The Morgan fingerprint density at radius 3 is 2.79 bits per heavy atom. The SMILES string of the molecule is CCNC(C)c1ccc(-c2cc(F)c(Br)cc2C)o1. The summed E-state index contributed by atoms with van der Waals surface area (Å²) in [5.41, 5.74) is 1.76. The lowest BCUT2D eigenvalue weighted by Gasteiger charge is -2.09. The van der Waals surface area contributed by atoms with Crippen molar-refractivity contribution in [2.45, 2.75) is 26.8 Å². The van der Waals surface area contributed by atoms with E-state index in [2.05, 4.69) is 28.2 Å². The van der Waals surface area contributed by atoms with E-state index in [-0.39, 0.29) is 11.9 Å². The van der Waals surface area contributed by atoms with Crippen LogP contribution < -0.4 is 5.32 Å². The summed E-state index contributed by atoms with van der Waals surface area (Å²) in [7, 11) is 0. The summed E-state index contributed by atoms with van der Waals surface area (Å²) in [5.74, 6) is 1.28. The van der Waals surface area contributed by atoms with Gasteiger partial charge in [-0.3, -0.25) is 0 Å². The van der Waals surface area contributed by atoms with Crippen molar-refractivity contribution >= 4 is 15.9 Å². The van der Waals surface area contributed by atoms with Crippen LogP contribution in [0, 0.1) is 12.7 Å². The minimum atomic E-state index is -0.279. The fraction of sp³-hybridized carbons (Fsp3) is 0.333. The molecule has 1 aromatic heterocycles. The summed E-state index contributed by atoms with van der Waals surface area (Å²) in [5, 5.41) is 3.29. The summed E-state index contributed by atoms with van der Waals surface area (Å²) in [6.07, 6.45) is 0. The van der Waals surface area contributed by atoms with Gasteiger partial charge in [0, 0.05) is 5.56 Å². The molecule has 0 fully saturated rings. The number of hydrogen-bond donors (Lipinski definition) is 1. The first-order chi connectivity index (χ1) is 9.02. The summed E-state index contributed by atoms with van der Waals surface area (Å²) >= 11 is 3.19. The van der Waals surface area contributed by atoms with Gasteiger partial charge in [-0.15, -0.1) is 0 Å². The Labute approximate surface area is 121 Å². The molecule has 2 aromatic rings. The smallest absolute Gasteiger partial charge is 0.138 e. The monoisotopic (exact) mass is 325 g/mol. The number of furan rings is 1. The van der Waals surface area contributed by atoms with Gasteiger partial charge in [0.2, 0.25) is 0 Å². The second kappa shape index (κ2) is 5.88. The molecular weight excluding hydrogens is 309 g/mol.